The lowest BCUT2D eigenvalue weighted by Gasteiger charge is -2.19. The number of hydrogen-bond donors (Lipinski definition) is 3. The van der Waals surface area contributed by atoms with Gasteiger partial charge in [-0.25, -0.2) is 4.79 Å². The largest absolute Gasteiger partial charge is 0.444 e. The number of nitrogens with one attached hydrogen (secondary N) is 3. The van der Waals surface area contributed by atoms with Crippen LogP contribution in [0.3, 0.4) is 0 Å². The molecule has 10 nitrogen and oxygen atoms in total. The number of amides is 5. The summed E-state index contributed by atoms with van der Waals surface area (Å²) in [6.45, 7) is 5.10. The second-order valence-electron chi connectivity index (χ2n) is 7.65. The molecule has 162 valence electrons. The molecule has 10 heteroatoms. The minimum atomic E-state index is -0.682. The van der Waals surface area contributed by atoms with Crippen LogP contribution in [0.15, 0.2) is 24.3 Å². The van der Waals surface area contributed by atoms with Gasteiger partial charge in [-0.05, 0) is 39.3 Å². The van der Waals surface area contributed by atoms with Gasteiger partial charge in [-0.2, -0.15) is 0 Å². The zero-order valence-electron chi connectivity index (χ0n) is 17.2. The quantitative estimate of drug-likeness (QED) is 0.414. The minimum absolute atomic E-state index is 0.221. The molecule has 1 aliphatic rings. The summed E-state index contributed by atoms with van der Waals surface area (Å²) < 4.78 is 5.02. The lowest BCUT2D eigenvalue weighted by Crippen LogP contribution is -2.42. The van der Waals surface area contributed by atoms with Crippen molar-refractivity contribution in [1.29, 1.82) is 0 Å². The minimum Gasteiger partial charge on any atom is -0.444 e. The van der Waals surface area contributed by atoms with E-state index in [9.17, 15) is 24.0 Å². The van der Waals surface area contributed by atoms with E-state index in [0.717, 1.165) is 4.90 Å². The monoisotopic (exact) mass is 418 g/mol. The van der Waals surface area contributed by atoms with Gasteiger partial charge in [-0.3, -0.25) is 24.1 Å². The van der Waals surface area contributed by atoms with E-state index in [2.05, 4.69) is 16.0 Å². The van der Waals surface area contributed by atoms with E-state index in [-0.39, 0.29) is 37.3 Å². The zero-order valence-corrected chi connectivity index (χ0v) is 17.2. The maximum atomic E-state index is 12.2. The molecule has 1 aromatic carbocycles. The third-order valence-corrected chi connectivity index (χ3v) is 3.97. The Morgan fingerprint density at radius 2 is 1.43 bits per heavy atom. The fraction of sp³-hybridized carbons (Fsp3) is 0.450. The van der Waals surface area contributed by atoms with Crippen molar-refractivity contribution in [1.82, 2.24) is 20.9 Å². The number of nitrogens with zero attached hydrogens (tertiary/aromatic N) is 1. The van der Waals surface area contributed by atoms with Crippen LogP contribution in [0, 0.1) is 0 Å². The van der Waals surface area contributed by atoms with E-state index in [1.54, 1.807) is 45.0 Å². The zero-order chi connectivity index (χ0) is 22.3. The molecule has 0 aromatic heterocycles. The van der Waals surface area contributed by atoms with Crippen LogP contribution < -0.4 is 16.0 Å². The molecule has 0 fully saturated rings. The molecule has 30 heavy (non-hydrogen) atoms. The molecule has 0 bridgehead atoms. The summed E-state index contributed by atoms with van der Waals surface area (Å²) >= 11 is 0. The normalized spacial score (nSPS) is 13.0. The molecule has 0 aliphatic carbocycles. The van der Waals surface area contributed by atoms with Gasteiger partial charge in [0.2, 0.25) is 11.8 Å². The van der Waals surface area contributed by atoms with Crippen LogP contribution in [0.2, 0.25) is 0 Å². The van der Waals surface area contributed by atoms with Crippen molar-refractivity contribution in [2.75, 3.05) is 26.2 Å². The Hall–Kier alpha value is -3.43. The molecule has 1 aromatic rings. The fourth-order valence-electron chi connectivity index (χ4n) is 2.66. The topological polar surface area (TPSA) is 134 Å². The molecule has 3 N–H and O–H groups in total. The summed E-state index contributed by atoms with van der Waals surface area (Å²) in [5, 5.41) is 7.54. The number of fused-ring (bicyclic) bond motifs is 1. The highest BCUT2D eigenvalue weighted by atomic mass is 16.6. The Balaban J connectivity index is 1.61. The summed E-state index contributed by atoms with van der Waals surface area (Å²) in [7, 11) is 0. The molecule has 1 aliphatic heterocycles. The van der Waals surface area contributed by atoms with Crippen LogP contribution >= 0.6 is 0 Å². The molecule has 0 saturated carbocycles. The van der Waals surface area contributed by atoms with Crippen molar-refractivity contribution >= 4 is 29.7 Å². The fourth-order valence-corrected chi connectivity index (χ4v) is 2.66. The Bertz CT molecular complexity index is 811. The highest BCUT2D eigenvalue weighted by Gasteiger charge is 2.36. The molecule has 5 amide bonds. The van der Waals surface area contributed by atoms with Crippen molar-refractivity contribution in [3.05, 3.63) is 35.4 Å². The van der Waals surface area contributed by atoms with E-state index in [1.807, 2.05) is 0 Å². The molecular formula is C20H26N4O6. The van der Waals surface area contributed by atoms with E-state index in [0.29, 0.717) is 6.42 Å². The van der Waals surface area contributed by atoms with Gasteiger partial charge in [0.25, 0.3) is 11.8 Å². The molecule has 0 atom stereocenters. The average Bonchev–Trinajstić information content (AvgIpc) is 2.90. The Labute approximate surface area is 174 Å². The van der Waals surface area contributed by atoms with Crippen molar-refractivity contribution < 1.29 is 28.7 Å². The summed E-state index contributed by atoms with van der Waals surface area (Å²) in [5.74, 6) is -1.84. The predicted octanol–water partition coefficient (Wildman–Crippen LogP) is 0.430. The van der Waals surface area contributed by atoms with Gasteiger partial charge < -0.3 is 20.7 Å². The summed E-state index contributed by atoms with van der Waals surface area (Å²) in [6, 6.07) is 6.41. The van der Waals surface area contributed by atoms with Crippen LogP contribution in [0.4, 0.5) is 4.79 Å². The first-order valence-corrected chi connectivity index (χ1v) is 9.54. The number of carbonyl (C=O) groups is 5. The first-order chi connectivity index (χ1) is 14.1. The van der Waals surface area contributed by atoms with E-state index in [4.69, 9.17) is 4.74 Å². The number of hydrogen-bond acceptors (Lipinski definition) is 6. The summed E-state index contributed by atoms with van der Waals surface area (Å²) in [5.41, 5.74) is -0.0673. The number of ether oxygens (including phenoxy) is 1. The third kappa shape index (κ3) is 6.57. The van der Waals surface area contributed by atoms with Gasteiger partial charge in [0.05, 0.1) is 17.7 Å². The molecule has 0 unspecified atom stereocenters. The first-order valence-electron chi connectivity index (χ1n) is 9.54. The van der Waals surface area contributed by atoms with Gasteiger partial charge in [-0.15, -0.1) is 0 Å². The molecular weight excluding hydrogens is 392 g/mol. The van der Waals surface area contributed by atoms with Crippen molar-refractivity contribution in [3.8, 4) is 0 Å². The van der Waals surface area contributed by atoms with Gasteiger partial charge in [-0.1, -0.05) is 12.1 Å². The van der Waals surface area contributed by atoms with E-state index >= 15 is 0 Å². The van der Waals surface area contributed by atoms with Crippen LogP contribution in [0.5, 0.6) is 0 Å². The maximum absolute atomic E-state index is 12.2. The van der Waals surface area contributed by atoms with Crippen molar-refractivity contribution in [2.24, 2.45) is 0 Å². The summed E-state index contributed by atoms with van der Waals surface area (Å²) in [4.78, 5) is 60.5. The number of carbonyl (C=O) groups excluding carboxylic acids is 5. The first kappa shape index (κ1) is 22.9. The van der Waals surface area contributed by atoms with Crippen LogP contribution in [-0.2, 0) is 14.3 Å². The van der Waals surface area contributed by atoms with Gasteiger partial charge in [0, 0.05) is 13.1 Å². The maximum Gasteiger partial charge on any atom is 0.408 e. The van der Waals surface area contributed by atoms with Gasteiger partial charge in [0.1, 0.15) is 12.1 Å². The van der Waals surface area contributed by atoms with Crippen molar-refractivity contribution in [3.63, 3.8) is 0 Å². The van der Waals surface area contributed by atoms with E-state index < -0.39 is 35.3 Å². The van der Waals surface area contributed by atoms with Gasteiger partial charge in [0.15, 0.2) is 0 Å². The van der Waals surface area contributed by atoms with Crippen LogP contribution in [0.25, 0.3) is 0 Å². The van der Waals surface area contributed by atoms with Crippen LogP contribution in [0.1, 0.15) is 47.9 Å². The van der Waals surface area contributed by atoms with Gasteiger partial charge >= 0.3 is 6.09 Å². The van der Waals surface area contributed by atoms with E-state index in [1.165, 1.54) is 0 Å². The second kappa shape index (κ2) is 9.86. The smallest absolute Gasteiger partial charge is 0.408 e. The number of rotatable bonds is 8. The highest BCUT2D eigenvalue weighted by molar-refractivity contribution is 6.22. The number of alkyl carbamates (subject to hydrolysis) is 1. The molecule has 0 saturated heterocycles. The molecule has 0 radical (unpaired) electrons. The Morgan fingerprint density at radius 1 is 0.900 bits per heavy atom. The number of imide groups is 1. The molecule has 1 heterocycles. The standard InChI is InChI=1S/C20H26N4O6/c1-20(2,3)30-19(29)23-11-15(25)21-9-6-10-22-16(26)12-24-17(27)13-7-4-5-8-14(13)18(24)28/h4-5,7-8H,6,9-12H2,1-3H3,(H,21,25)(H,22,26)(H,23,29). The average molecular weight is 418 g/mol. The lowest BCUT2D eigenvalue weighted by atomic mass is 10.1. The Morgan fingerprint density at radius 3 is 1.97 bits per heavy atom. The van der Waals surface area contributed by atoms with Crippen molar-refractivity contribution in [2.45, 2.75) is 32.8 Å². The van der Waals surface area contributed by atoms with Crippen LogP contribution in [-0.4, -0.2) is 66.4 Å². The second-order valence-corrected chi connectivity index (χ2v) is 7.65. The third-order valence-electron chi connectivity index (χ3n) is 3.97. The number of benzene rings is 1. The SMILES string of the molecule is CC(C)(C)OC(=O)NCC(=O)NCCCNC(=O)CN1C(=O)c2ccccc2C1=O. The highest BCUT2D eigenvalue weighted by Crippen LogP contribution is 2.21. The Kier molecular flexibility index (Phi) is 7.51. The molecule has 2 rings (SSSR count). The lowest BCUT2D eigenvalue weighted by molar-refractivity contribution is -0.121. The predicted molar refractivity (Wildman–Crippen MR) is 107 cm³/mol. The molecule has 0 spiro atoms. The summed E-state index contributed by atoms with van der Waals surface area (Å²) in [6.07, 6.45) is -0.246.